The minimum Gasteiger partial charge on any atom is -0.383 e. The minimum atomic E-state index is -0.588. The van der Waals surface area contributed by atoms with Crippen molar-refractivity contribution in [2.24, 2.45) is 7.05 Å². The maximum absolute atomic E-state index is 14.3. The van der Waals surface area contributed by atoms with Crippen LogP contribution >= 0.6 is 0 Å². The van der Waals surface area contributed by atoms with Gasteiger partial charge in [0.15, 0.2) is 0 Å². The van der Waals surface area contributed by atoms with Gasteiger partial charge in [-0.1, -0.05) is 48.5 Å². The second kappa shape index (κ2) is 12.6. The van der Waals surface area contributed by atoms with Crippen molar-refractivity contribution in [3.8, 4) is 0 Å². The summed E-state index contributed by atoms with van der Waals surface area (Å²) < 4.78 is 21.7. The average molecular weight is 584 g/mol. The Morgan fingerprint density at radius 2 is 1.65 bits per heavy atom. The number of hydrogen-bond donors (Lipinski definition) is 1. The first-order chi connectivity index (χ1) is 21.0. The van der Waals surface area contributed by atoms with Crippen molar-refractivity contribution < 1.29 is 18.7 Å². The highest BCUT2D eigenvalue weighted by Gasteiger charge is 2.45. The molecule has 0 bridgehead atoms. The molecule has 224 valence electrons. The summed E-state index contributed by atoms with van der Waals surface area (Å²) >= 11 is 0. The summed E-state index contributed by atoms with van der Waals surface area (Å²) in [6.45, 7) is 4.93. The van der Waals surface area contributed by atoms with Crippen LogP contribution in [0.25, 0.3) is 10.9 Å². The Bertz CT molecular complexity index is 1610. The molecule has 2 atom stereocenters. The zero-order valence-electron chi connectivity index (χ0n) is 24.7. The Hall–Kier alpha value is -4.21. The fraction of sp³-hybridized carbons (Fsp3) is 0.353. The van der Waals surface area contributed by atoms with E-state index in [-0.39, 0.29) is 17.6 Å². The second-order valence-electron chi connectivity index (χ2n) is 11.3. The summed E-state index contributed by atoms with van der Waals surface area (Å²) in [5.41, 5.74) is 3.93. The molecule has 0 radical (unpaired) electrons. The Morgan fingerprint density at radius 1 is 0.930 bits per heavy atom. The average Bonchev–Trinajstić information content (AvgIpc) is 3.37. The van der Waals surface area contributed by atoms with Gasteiger partial charge < -0.3 is 24.4 Å². The second-order valence-corrected chi connectivity index (χ2v) is 11.3. The molecule has 2 amide bonds. The van der Waals surface area contributed by atoms with Crippen LogP contribution in [0, 0.1) is 5.82 Å². The zero-order chi connectivity index (χ0) is 29.9. The summed E-state index contributed by atoms with van der Waals surface area (Å²) in [6, 6.07) is 22.0. The Balaban J connectivity index is 1.23. The smallest absolute Gasteiger partial charge is 0.254 e. The lowest BCUT2D eigenvalue weighted by Crippen LogP contribution is -2.50. The van der Waals surface area contributed by atoms with Crippen LogP contribution in [0.5, 0.6) is 0 Å². The zero-order valence-corrected chi connectivity index (χ0v) is 24.7. The normalized spacial score (nSPS) is 19.1. The number of aromatic nitrogens is 1. The van der Waals surface area contributed by atoms with Crippen molar-refractivity contribution in [1.29, 1.82) is 0 Å². The van der Waals surface area contributed by atoms with Crippen molar-refractivity contribution in [2.75, 3.05) is 64.4 Å². The number of ether oxygens (including phenoxy) is 1. The van der Waals surface area contributed by atoms with Crippen molar-refractivity contribution >= 4 is 28.4 Å². The molecule has 3 heterocycles. The van der Waals surface area contributed by atoms with Crippen LogP contribution in [0.15, 0.2) is 79.0 Å². The van der Waals surface area contributed by atoms with Gasteiger partial charge in [-0.3, -0.25) is 14.5 Å². The van der Waals surface area contributed by atoms with Gasteiger partial charge in [-0.15, -0.1) is 0 Å². The lowest BCUT2D eigenvalue weighted by atomic mass is 9.79. The van der Waals surface area contributed by atoms with E-state index in [0.717, 1.165) is 48.2 Å². The number of fused-ring (bicyclic) bond motifs is 2. The molecule has 1 aromatic heterocycles. The quantitative estimate of drug-likeness (QED) is 0.320. The molecular formula is C34H38FN5O3. The van der Waals surface area contributed by atoms with Crippen molar-refractivity contribution in [2.45, 2.75) is 12.0 Å². The molecule has 2 unspecified atom stereocenters. The summed E-state index contributed by atoms with van der Waals surface area (Å²) in [6.07, 6.45) is 2.05. The maximum Gasteiger partial charge on any atom is 0.254 e. The highest BCUT2D eigenvalue weighted by Crippen LogP contribution is 2.45. The summed E-state index contributed by atoms with van der Waals surface area (Å²) in [5.74, 6) is -0.989. The number of anilines is 1. The fourth-order valence-electron chi connectivity index (χ4n) is 6.63. The molecule has 3 aromatic carbocycles. The minimum absolute atomic E-state index is 0.0950. The van der Waals surface area contributed by atoms with Crippen LogP contribution in [-0.2, 0) is 16.6 Å². The van der Waals surface area contributed by atoms with Crippen LogP contribution in [0.4, 0.5) is 10.1 Å². The van der Waals surface area contributed by atoms with Gasteiger partial charge in [-0.25, -0.2) is 4.39 Å². The molecule has 1 fully saturated rings. The predicted molar refractivity (Wildman–Crippen MR) is 166 cm³/mol. The molecule has 1 N–H and O–H groups in total. The first-order valence-electron chi connectivity index (χ1n) is 14.9. The largest absolute Gasteiger partial charge is 0.383 e. The van der Waals surface area contributed by atoms with Crippen molar-refractivity contribution in [3.05, 3.63) is 102 Å². The molecule has 43 heavy (non-hydrogen) atoms. The maximum atomic E-state index is 14.3. The Kier molecular flexibility index (Phi) is 8.44. The number of carbonyl (C=O) groups is 2. The molecule has 0 aliphatic carbocycles. The van der Waals surface area contributed by atoms with Gasteiger partial charge in [0.05, 0.1) is 24.3 Å². The highest BCUT2D eigenvalue weighted by molar-refractivity contribution is 6.02. The van der Waals surface area contributed by atoms with Crippen molar-refractivity contribution in [3.63, 3.8) is 0 Å². The summed E-state index contributed by atoms with van der Waals surface area (Å²) in [4.78, 5) is 34.2. The molecule has 0 spiro atoms. The monoisotopic (exact) mass is 583 g/mol. The summed E-state index contributed by atoms with van der Waals surface area (Å²) in [5, 5.41) is 4.23. The van der Waals surface area contributed by atoms with E-state index in [2.05, 4.69) is 31.8 Å². The van der Waals surface area contributed by atoms with Gasteiger partial charge in [0, 0.05) is 88.2 Å². The van der Waals surface area contributed by atoms with Crippen molar-refractivity contribution in [1.82, 2.24) is 19.7 Å². The first kappa shape index (κ1) is 28.9. The van der Waals surface area contributed by atoms with Crippen LogP contribution in [0.1, 0.15) is 33.4 Å². The van der Waals surface area contributed by atoms with Gasteiger partial charge in [-0.05, 0) is 29.8 Å². The molecule has 2 aliphatic rings. The number of benzene rings is 3. The number of methoxy groups -OCH3 is 1. The number of para-hydroxylation sites is 2. The van der Waals surface area contributed by atoms with E-state index in [1.54, 1.807) is 18.1 Å². The predicted octanol–water partition coefficient (Wildman–Crippen LogP) is 4.18. The van der Waals surface area contributed by atoms with E-state index in [4.69, 9.17) is 4.74 Å². The lowest BCUT2D eigenvalue weighted by Gasteiger charge is -2.41. The van der Waals surface area contributed by atoms with Gasteiger partial charge in [0.25, 0.3) is 5.91 Å². The number of amides is 2. The van der Waals surface area contributed by atoms with E-state index in [0.29, 0.717) is 37.5 Å². The highest BCUT2D eigenvalue weighted by atomic mass is 19.1. The van der Waals surface area contributed by atoms with Crippen LogP contribution in [-0.4, -0.2) is 85.7 Å². The number of hydrogen-bond acceptors (Lipinski definition) is 5. The topological polar surface area (TPSA) is 70.1 Å². The molecule has 2 aliphatic heterocycles. The Morgan fingerprint density at radius 3 is 2.44 bits per heavy atom. The number of nitrogens with zero attached hydrogens (tertiary/aromatic N) is 4. The molecule has 1 saturated heterocycles. The van der Waals surface area contributed by atoms with Crippen LogP contribution in [0.3, 0.4) is 0 Å². The molecule has 9 heteroatoms. The van der Waals surface area contributed by atoms with Crippen LogP contribution in [0.2, 0.25) is 0 Å². The van der Waals surface area contributed by atoms with Crippen LogP contribution < -0.4 is 10.2 Å². The number of carbonyl (C=O) groups excluding carboxylic acids is 2. The standard InChI is InChI=1S/C34H38FN5O3/c1-37-23-27(24-9-5-7-13-29(24)37)32-31(25-10-3-4-11-26(25)34(42)40(32)21-22-43-2)33(41)36-15-16-38-17-19-39(20-18-38)30-14-8-6-12-28(30)35/h3-14,23,31-32H,15-22H2,1-2H3,(H,36,41). The number of aryl methyl sites for hydroxylation is 1. The van der Waals surface area contributed by atoms with Gasteiger partial charge in [0.1, 0.15) is 5.82 Å². The third kappa shape index (κ3) is 5.62. The van der Waals surface area contributed by atoms with Gasteiger partial charge in [0.2, 0.25) is 5.91 Å². The Labute approximate surface area is 251 Å². The molecule has 4 aromatic rings. The van der Waals surface area contributed by atoms with E-state index in [1.165, 1.54) is 6.07 Å². The van der Waals surface area contributed by atoms with E-state index >= 15 is 0 Å². The molecule has 8 nitrogen and oxygen atoms in total. The molecule has 6 rings (SSSR count). The lowest BCUT2D eigenvalue weighted by molar-refractivity contribution is -0.124. The molecular weight excluding hydrogens is 545 g/mol. The SMILES string of the molecule is COCCN1C(=O)c2ccccc2C(C(=O)NCCN2CCN(c3ccccc3F)CC2)C1c1cn(C)c2ccccc12. The van der Waals surface area contributed by atoms with E-state index in [9.17, 15) is 14.0 Å². The fourth-order valence-corrected chi connectivity index (χ4v) is 6.63. The number of piperazine rings is 1. The first-order valence-corrected chi connectivity index (χ1v) is 14.9. The van der Waals surface area contributed by atoms with E-state index < -0.39 is 12.0 Å². The van der Waals surface area contributed by atoms with Gasteiger partial charge >= 0.3 is 0 Å². The third-order valence-corrected chi connectivity index (χ3v) is 8.80. The number of halogens is 1. The number of nitrogens with one attached hydrogen (secondary N) is 1. The number of rotatable bonds is 9. The van der Waals surface area contributed by atoms with E-state index in [1.807, 2.05) is 61.8 Å². The van der Waals surface area contributed by atoms with Gasteiger partial charge in [-0.2, -0.15) is 0 Å². The third-order valence-electron chi connectivity index (χ3n) is 8.80. The summed E-state index contributed by atoms with van der Waals surface area (Å²) in [7, 11) is 3.61. The molecule has 0 saturated carbocycles.